The topological polar surface area (TPSA) is 86.2 Å². The molecule has 0 radical (unpaired) electrons. The first-order chi connectivity index (χ1) is 15.4. The Morgan fingerprint density at radius 1 is 1.06 bits per heavy atom. The Hall–Kier alpha value is -3.91. The number of hydrazone groups is 1. The summed E-state index contributed by atoms with van der Waals surface area (Å²) < 4.78 is 29.1. The molecule has 0 bridgehead atoms. The van der Waals surface area contributed by atoms with Gasteiger partial charge in [-0.25, -0.2) is 14.6 Å². The van der Waals surface area contributed by atoms with E-state index in [1.807, 2.05) is 0 Å². The molecule has 7 nitrogen and oxygen atoms in total. The van der Waals surface area contributed by atoms with E-state index in [0.717, 1.165) is 6.07 Å². The fourth-order valence-corrected chi connectivity index (χ4v) is 2.64. The van der Waals surface area contributed by atoms with Gasteiger partial charge in [-0.2, -0.15) is 5.10 Å². The molecule has 0 heterocycles. The third kappa shape index (κ3) is 6.55. The molecule has 3 rings (SSSR count). The maximum atomic E-state index is 13.3. The van der Waals surface area contributed by atoms with E-state index in [2.05, 4.69) is 10.5 Å². The summed E-state index contributed by atoms with van der Waals surface area (Å²) in [6.45, 7) is -0.225. The average Bonchev–Trinajstić information content (AvgIpc) is 2.79. The molecule has 0 fully saturated rings. The summed E-state index contributed by atoms with van der Waals surface area (Å²) in [7, 11) is 1.41. The Bertz CT molecular complexity index is 1140. The van der Waals surface area contributed by atoms with Gasteiger partial charge in [0.1, 0.15) is 11.6 Å². The summed E-state index contributed by atoms with van der Waals surface area (Å²) >= 11 is 5.79. The first-order valence-corrected chi connectivity index (χ1v) is 9.68. The van der Waals surface area contributed by atoms with Crippen molar-refractivity contribution in [2.45, 2.75) is 0 Å². The highest BCUT2D eigenvalue weighted by Gasteiger charge is 2.13. The lowest BCUT2D eigenvalue weighted by Crippen LogP contribution is -2.24. The smallest absolute Gasteiger partial charge is 0.343 e. The van der Waals surface area contributed by atoms with E-state index in [-0.39, 0.29) is 23.7 Å². The molecular weight excluding hydrogens is 439 g/mol. The van der Waals surface area contributed by atoms with Crippen molar-refractivity contribution in [2.75, 3.05) is 13.7 Å². The molecule has 3 aromatic carbocycles. The van der Waals surface area contributed by atoms with Crippen molar-refractivity contribution < 1.29 is 28.2 Å². The number of esters is 1. The second-order valence-corrected chi connectivity index (χ2v) is 6.78. The minimum Gasteiger partial charge on any atom is -0.493 e. The monoisotopic (exact) mass is 456 g/mol. The van der Waals surface area contributed by atoms with Gasteiger partial charge in [-0.1, -0.05) is 17.7 Å². The number of ether oxygens (including phenoxy) is 3. The Morgan fingerprint density at radius 2 is 1.84 bits per heavy atom. The lowest BCUT2D eigenvalue weighted by atomic mass is 10.2. The second kappa shape index (κ2) is 10.9. The van der Waals surface area contributed by atoms with E-state index in [1.54, 1.807) is 36.4 Å². The lowest BCUT2D eigenvalue weighted by Gasteiger charge is -2.10. The van der Waals surface area contributed by atoms with Gasteiger partial charge in [0.25, 0.3) is 5.91 Å². The summed E-state index contributed by atoms with van der Waals surface area (Å²) in [6.07, 6.45) is 1.39. The minimum atomic E-state index is -0.725. The Morgan fingerprint density at radius 3 is 2.56 bits per heavy atom. The zero-order chi connectivity index (χ0) is 22.9. The zero-order valence-corrected chi connectivity index (χ0v) is 17.6. The van der Waals surface area contributed by atoms with Crippen LogP contribution in [0.4, 0.5) is 4.39 Å². The normalized spacial score (nSPS) is 10.6. The fourth-order valence-electron chi connectivity index (χ4n) is 2.51. The van der Waals surface area contributed by atoms with Crippen LogP contribution in [0.25, 0.3) is 0 Å². The van der Waals surface area contributed by atoms with Gasteiger partial charge >= 0.3 is 5.97 Å². The van der Waals surface area contributed by atoms with Crippen molar-refractivity contribution in [3.05, 3.63) is 88.7 Å². The highest BCUT2D eigenvalue weighted by molar-refractivity contribution is 6.30. The van der Waals surface area contributed by atoms with Crippen LogP contribution in [0.15, 0.2) is 71.8 Å². The molecule has 0 aliphatic rings. The van der Waals surface area contributed by atoms with Crippen LogP contribution in [0.2, 0.25) is 5.02 Å². The first-order valence-electron chi connectivity index (χ1n) is 9.30. The van der Waals surface area contributed by atoms with Crippen LogP contribution in [-0.4, -0.2) is 31.8 Å². The standard InChI is InChI=1S/C23H18ClFN2O5/c1-30-21-11-15(5-10-20(21)32-23(29)16-3-2-4-18(25)12-16)13-26-27-22(28)14-31-19-8-6-17(24)7-9-19/h2-13H,14H2,1H3,(H,27,28). The Kier molecular flexibility index (Phi) is 7.77. The molecule has 0 aliphatic heterocycles. The molecule has 0 unspecified atom stereocenters. The van der Waals surface area contributed by atoms with Crippen molar-refractivity contribution in [1.82, 2.24) is 5.43 Å². The number of halogens is 2. The van der Waals surface area contributed by atoms with Gasteiger partial charge in [-0.3, -0.25) is 4.79 Å². The van der Waals surface area contributed by atoms with Gasteiger partial charge in [0.15, 0.2) is 18.1 Å². The summed E-state index contributed by atoms with van der Waals surface area (Å²) in [5.41, 5.74) is 2.99. The molecule has 0 atom stereocenters. The number of methoxy groups -OCH3 is 1. The van der Waals surface area contributed by atoms with Crippen LogP contribution in [-0.2, 0) is 4.79 Å². The van der Waals surface area contributed by atoms with Gasteiger partial charge in [-0.15, -0.1) is 0 Å². The van der Waals surface area contributed by atoms with E-state index in [9.17, 15) is 14.0 Å². The minimum absolute atomic E-state index is 0.0706. The average molecular weight is 457 g/mol. The van der Waals surface area contributed by atoms with Crippen LogP contribution in [0.5, 0.6) is 17.2 Å². The lowest BCUT2D eigenvalue weighted by molar-refractivity contribution is -0.123. The molecule has 0 saturated carbocycles. The number of nitrogens with zero attached hydrogens (tertiary/aromatic N) is 1. The van der Waals surface area contributed by atoms with Gasteiger partial charge in [0.2, 0.25) is 0 Å². The molecule has 0 spiro atoms. The number of hydrogen-bond acceptors (Lipinski definition) is 6. The van der Waals surface area contributed by atoms with E-state index >= 15 is 0 Å². The molecule has 0 saturated heterocycles. The van der Waals surface area contributed by atoms with Crippen molar-refractivity contribution in [3.8, 4) is 17.2 Å². The largest absolute Gasteiger partial charge is 0.493 e. The van der Waals surface area contributed by atoms with Gasteiger partial charge in [0.05, 0.1) is 18.9 Å². The highest BCUT2D eigenvalue weighted by atomic mass is 35.5. The van der Waals surface area contributed by atoms with Crippen molar-refractivity contribution >= 4 is 29.7 Å². The second-order valence-electron chi connectivity index (χ2n) is 6.35. The molecule has 0 aromatic heterocycles. The van der Waals surface area contributed by atoms with Gasteiger partial charge in [-0.05, 0) is 66.2 Å². The Balaban J connectivity index is 1.56. The molecule has 0 aliphatic carbocycles. The number of nitrogens with one attached hydrogen (secondary N) is 1. The molecular formula is C23H18ClFN2O5. The highest BCUT2D eigenvalue weighted by Crippen LogP contribution is 2.28. The molecule has 164 valence electrons. The van der Waals surface area contributed by atoms with Crippen molar-refractivity contribution in [3.63, 3.8) is 0 Å². The fraction of sp³-hybridized carbons (Fsp3) is 0.0870. The van der Waals surface area contributed by atoms with Crippen LogP contribution in [0.3, 0.4) is 0 Å². The maximum absolute atomic E-state index is 13.3. The zero-order valence-electron chi connectivity index (χ0n) is 16.9. The molecule has 3 aromatic rings. The number of carbonyl (C=O) groups is 2. The SMILES string of the molecule is COc1cc(C=NNC(=O)COc2ccc(Cl)cc2)ccc1OC(=O)c1cccc(F)c1. The number of benzene rings is 3. The van der Waals surface area contributed by atoms with E-state index in [1.165, 1.54) is 37.6 Å². The molecule has 32 heavy (non-hydrogen) atoms. The number of rotatable bonds is 8. The van der Waals surface area contributed by atoms with Gasteiger partial charge in [0, 0.05) is 5.02 Å². The number of hydrogen-bond donors (Lipinski definition) is 1. The van der Waals surface area contributed by atoms with E-state index in [4.69, 9.17) is 25.8 Å². The summed E-state index contributed by atoms with van der Waals surface area (Å²) in [5, 5.41) is 4.43. The first kappa shape index (κ1) is 22.8. The predicted octanol–water partition coefficient (Wildman–Crippen LogP) is 4.24. The quantitative estimate of drug-likeness (QED) is 0.237. The molecule has 1 N–H and O–H groups in total. The summed E-state index contributed by atoms with van der Waals surface area (Å²) in [5.74, 6) is -0.809. The van der Waals surface area contributed by atoms with Crippen molar-refractivity contribution in [2.24, 2.45) is 5.10 Å². The summed E-state index contributed by atoms with van der Waals surface area (Å²) in [6, 6.07) is 16.4. The van der Waals surface area contributed by atoms with Crippen LogP contribution >= 0.6 is 11.6 Å². The van der Waals surface area contributed by atoms with Gasteiger partial charge < -0.3 is 14.2 Å². The van der Waals surface area contributed by atoms with Crippen LogP contribution in [0.1, 0.15) is 15.9 Å². The maximum Gasteiger partial charge on any atom is 0.343 e. The number of amides is 1. The third-order valence-electron chi connectivity index (χ3n) is 4.04. The predicted molar refractivity (Wildman–Crippen MR) is 117 cm³/mol. The van der Waals surface area contributed by atoms with E-state index < -0.39 is 17.7 Å². The summed E-state index contributed by atoms with van der Waals surface area (Å²) in [4.78, 5) is 24.1. The Labute approximate surface area is 188 Å². The van der Waals surface area contributed by atoms with Crippen LogP contribution < -0.4 is 19.6 Å². The molecule has 1 amide bonds. The van der Waals surface area contributed by atoms with E-state index in [0.29, 0.717) is 16.3 Å². The van der Waals surface area contributed by atoms with Crippen molar-refractivity contribution in [1.29, 1.82) is 0 Å². The molecule has 9 heteroatoms. The van der Waals surface area contributed by atoms with Crippen LogP contribution in [0, 0.1) is 5.82 Å². The third-order valence-corrected chi connectivity index (χ3v) is 4.29. The number of carbonyl (C=O) groups excluding carboxylic acids is 2.